The summed E-state index contributed by atoms with van der Waals surface area (Å²) in [6, 6.07) is 7.30. The number of ether oxygens (including phenoxy) is 1. The van der Waals surface area contributed by atoms with E-state index in [4.69, 9.17) is 16.3 Å². The molecule has 0 heterocycles. The van der Waals surface area contributed by atoms with Crippen LogP contribution in [0.15, 0.2) is 35.9 Å². The molecule has 2 unspecified atom stereocenters. The SMILES string of the molecule is CC(Oc1cccc(Cl)c1)C(O)/C1=C/CCCCCC1. The van der Waals surface area contributed by atoms with Gasteiger partial charge < -0.3 is 9.84 Å². The summed E-state index contributed by atoms with van der Waals surface area (Å²) >= 11 is 5.94. The minimum Gasteiger partial charge on any atom is -0.488 e. The van der Waals surface area contributed by atoms with Gasteiger partial charge in [-0.2, -0.15) is 0 Å². The molecule has 20 heavy (non-hydrogen) atoms. The fraction of sp³-hybridized carbons (Fsp3) is 0.529. The first-order valence-electron chi connectivity index (χ1n) is 7.46. The second kappa shape index (κ2) is 7.70. The summed E-state index contributed by atoms with van der Waals surface area (Å²) in [6.45, 7) is 1.91. The van der Waals surface area contributed by atoms with E-state index in [9.17, 15) is 5.11 Å². The maximum atomic E-state index is 10.5. The Morgan fingerprint density at radius 1 is 1.20 bits per heavy atom. The highest BCUT2D eigenvalue weighted by atomic mass is 35.5. The van der Waals surface area contributed by atoms with Gasteiger partial charge in [-0.15, -0.1) is 0 Å². The quantitative estimate of drug-likeness (QED) is 0.812. The lowest BCUT2D eigenvalue weighted by atomic mass is 9.94. The molecule has 110 valence electrons. The van der Waals surface area contributed by atoms with E-state index in [0.29, 0.717) is 10.8 Å². The Balaban J connectivity index is 1.98. The zero-order valence-corrected chi connectivity index (χ0v) is 12.8. The van der Waals surface area contributed by atoms with Crippen LogP contribution in [0.25, 0.3) is 0 Å². The van der Waals surface area contributed by atoms with E-state index in [1.54, 1.807) is 6.07 Å². The van der Waals surface area contributed by atoms with Crippen LogP contribution in [0.3, 0.4) is 0 Å². The standard InChI is InChI=1S/C17H23ClO2/c1-13(20-16-11-7-10-15(18)12-16)17(19)14-8-5-3-2-4-6-9-14/h7-8,10-13,17,19H,2-6,9H2,1H3/b14-8+. The minimum atomic E-state index is -0.535. The van der Waals surface area contributed by atoms with Gasteiger partial charge in [0.25, 0.3) is 0 Å². The lowest BCUT2D eigenvalue weighted by Gasteiger charge is -2.24. The molecule has 2 rings (SSSR count). The number of hydrogen-bond acceptors (Lipinski definition) is 2. The molecular formula is C17H23ClO2. The zero-order valence-electron chi connectivity index (χ0n) is 12.0. The Hall–Kier alpha value is -0.990. The van der Waals surface area contributed by atoms with Crippen LogP contribution in [0, 0.1) is 0 Å². The van der Waals surface area contributed by atoms with Gasteiger partial charge in [0.2, 0.25) is 0 Å². The Labute approximate surface area is 126 Å². The topological polar surface area (TPSA) is 29.5 Å². The van der Waals surface area contributed by atoms with Crippen molar-refractivity contribution in [1.82, 2.24) is 0 Å². The van der Waals surface area contributed by atoms with E-state index >= 15 is 0 Å². The van der Waals surface area contributed by atoms with Gasteiger partial charge in [-0.3, -0.25) is 0 Å². The Morgan fingerprint density at radius 2 is 2.00 bits per heavy atom. The van der Waals surface area contributed by atoms with Crippen molar-refractivity contribution in [2.24, 2.45) is 0 Å². The smallest absolute Gasteiger partial charge is 0.126 e. The van der Waals surface area contributed by atoms with E-state index in [2.05, 4.69) is 6.08 Å². The van der Waals surface area contributed by atoms with Gasteiger partial charge in [-0.25, -0.2) is 0 Å². The summed E-state index contributed by atoms with van der Waals surface area (Å²) in [7, 11) is 0. The molecule has 0 fully saturated rings. The van der Waals surface area contributed by atoms with Crippen LogP contribution in [0.2, 0.25) is 5.02 Å². The van der Waals surface area contributed by atoms with Crippen molar-refractivity contribution in [2.75, 3.05) is 0 Å². The second-order valence-corrected chi connectivity index (χ2v) is 5.89. The molecule has 1 aromatic rings. The van der Waals surface area contributed by atoms with Gasteiger partial charge in [0.15, 0.2) is 0 Å². The molecule has 1 aliphatic carbocycles. The maximum Gasteiger partial charge on any atom is 0.126 e. The third-order valence-electron chi connectivity index (χ3n) is 3.77. The van der Waals surface area contributed by atoms with E-state index in [1.165, 1.54) is 19.3 Å². The lowest BCUT2D eigenvalue weighted by Crippen LogP contribution is -2.30. The lowest BCUT2D eigenvalue weighted by molar-refractivity contribution is 0.0688. The van der Waals surface area contributed by atoms with Crippen LogP contribution in [-0.2, 0) is 0 Å². The first-order chi connectivity index (χ1) is 9.66. The first kappa shape index (κ1) is 15.4. The molecular weight excluding hydrogens is 272 g/mol. The highest BCUT2D eigenvalue weighted by molar-refractivity contribution is 6.30. The van der Waals surface area contributed by atoms with E-state index < -0.39 is 6.10 Å². The highest BCUT2D eigenvalue weighted by Gasteiger charge is 2.20. The van der Waals surface area contributed by atoms with Crippen molar-refractivity contribution in [3.05, 3.63) is 40.9 Å². The Bertz CT molecular complexity index is 456. The van der Waals surface area contributed by atoms with Gasteiger partial charge in [-0.05, 0) is 56.4 Å². The van der Waals surface area contributed by atoms with E-state index in [-0.39, 0.29) is 6.10 Å². The van der Waals surface area contributed by atoms with Crippen molar-refractivity contribution in [3.8, 4) is 5.75 Å². The molecule has 0 radical (unpaired) electrons. The average Bonchev–Trinajstić information content (AvgIpc) is 2.37. The van der Waals surface area contributed by atoms with Crippen LogP contribution < -0.4 is 4.74 Å². The van der Waals surface area contributed by atoms with Crippen molar-refractivity contribution in [3.63, 3.8) is 0 Å². The Morgan fingerprint density at radius 3 is 2.80 bits per heavy atom. The number of aliphatic hydroxyl groups excluding tert-OH is 1. The molecule has 1 aliphatic rings. The number of aliphatic hydroxyl groups is 1. The molecule has 0 aliphatic heterocycles. The molecule has 3 heteroatoms. The number of benzene rings is 1. The number of hydrogen-bond donors (Lipinski definition) is 1. The second-order valence-electron chi connectivity index (χ2n) is 5.46. The van der Waals surface area contributed by atoms with Gasteiger partial charge >= 0.3 is 0 Å². The summed E-state index contributed by atoms with van der Waals surface area (Å²) in [4.78, 5) is 0. The normalized spacial score (nSPS) is 22.1. The van der Waals surface area contributed by atoms with Crippen molar-refractivity contribution < 1.29 is 9.84 Å². The van der Waals surface area contributed by atoms with Crippen LogP contribution in [0.1, 0.15) is 45.4 Å². The van der Waals surface area contributed by atoms with Crippen LogP contribution in [0.4, 0.5) is 0 Å². The predicted molar refractivity (Wildman–Crippen MR) is 83.3 cm³/mol. The van der Waals surface area contributed by atoms with Crippen LogP contribution >= 0.6 is 11.6 Å². The minimum absolute atomic E-state index is 0.265. The third-order valence-corrected chi connectivity index (χ3v) is 4.00. The summed E-state index contributed by atoms with van der Waals surface area (Å²) in [5, 5.41) is 11.1. The molecule has 0 amide bonds. The van der Waals surface area contributed by atoms with Crippen LogP contribution in [0.5, 0.6) is 5.75 Å². The predicted octanol–water partition coefficient (Wildman–Crippen LogP) is 4.75. The van der Waals surface area contributed by atoms with Crippen molar-refractivity contribution in [2.45, 2.75) is 57.7 Å². The van der Waals surface area contributed by atoms with E-state index in [0.717, 1.165) is 24.8 Å². The number of allylic oxidation sites excluding steroid dienone is 1. The van der Waals surface area contributed by atoms with Crippen LogP contribution in [-0.4, -0.2) is 17.3 Å². The largest absolute Gasteiger partial charge is 0.488 e. The molecule has 2 atom stereocenters. The summed E-state index contributed by atoms with van der Waals surface area (Å²) in [5.41, 5.74) is 1.12. The molecule has 1 N–H and O–H groups in total. The monoisotopic (exact) mass is 294 g/mol. The molecule has 0 aromatic heterocycles. The average molecular weight is 295 g/mol. The van der Waals surface area contributed by atoms with Gasteiger partial charge in [0, 0.05) is 5.02 Å². The Kier molecular flexibility index (Phi) is 5.93. The van der Waals surface area contributed by atoms with Gasteiger partial charge in [-0.1, -0.05) is 36.6 Å². The highest BCUT2D eigenvalue weighted by Crippen LogP contribution is 2.24. The van der Waals surface area contributed by atoms with Crippen molar-refractivity contribution in [1.29, 1.82) is 0 Å². The molecule has 0 spiro atoms. The molecule has 1 aromatic carbocycles. The molecule has 0 saturated heterocycles. The first-order valence-corrected chi connectivity index (χ1v) is 7.84. The summed E-state index contributed by atoms with van der Waals surface area (Å²) < 4.78 is 5.81. The number of halogens is 1. The van der Waals surface area contributed by atoms with Crippen molar-refractivity contribution >= 4 is 11.6 Å². The fourth-order valence-electron chi connectivity index (χ4n) is 2.61. The maximum absolute atomic E-state index is 10.5. The zero-order chi connectivity index (χ0) is 14.4. The summed E-state index contributed by atoms with van der Waals surface area (Å²) in [6.07, 6.45) is 8.38. The fourth-order valence-corrected chi connectivity index (χ4v) is 2.79. The van der Waals surface area contributed by atoms with Gasteiger partial charge in [0.05, 0.1) is 0 Å². The van der Waals surface area contributed by atoms with Gasteiger partial charge in [0.1, 0.15) is 18.0 Å². The van der Waals surface area contributed by atoms with E-state index in [1.807, 2.05) is 25.1 Å². The molecule has 0 saturated carbocycles. The third kappa shape index (κ3) is 4.53. The summed E-state index contributed by atoms with van der Waals surface area (Å²) in [5.74, 6) is 0.704. The number of rotatable bonds is 4. The molecule has 0 bridgehead atoms. The molecule has 2 nitrogen and oxygen atoms in total.